The predicted octanol–water partition coefficient (Wildman–Crippen LogP) is 2.44. The summed E-state index contributed by atoms with van der Waals surface area (Å²) in [5, 5.41) is 12.8. The number of hydrogen-bond acceptors (Lipinski definition) is 3. The standard InChI is InChI=1S/C10H14BrNO2/c1-6(12-2)7-4-5-8(14-3)10(13)9(7)11/h4-6,12-13H,1-3H3/t6-/m0/s1. The molecular weight excluding hydrogens is 246 g/mol. The zero-order valence-electron chi connectivity index (χ0n) is 8.47. The fraction of sp³-hybridized carbons (Fsp3) is 0.400. The Balaban J connectivity index is 3.17. The normalized spacial score (nSPS) is 12.6. The summed E-state index contributed by atoms with van der Waals surface area (Å²) < 4.78 is 5.67. The van der Waals surface area contributed by atoms with E-state index in [-0.39, 0.29) is 11.8 Å². The van der Waals surface area contributed by atoms with Crippen LogP contribution < -0.4 is 10.1 Å². The van der Waals surface area contributed by atoms with E-state index in [1.165, 1.54) is 7.11 Å². The van der Waals surface area contributed by atoms with Gasteiger partial charge in [-0.05, 0) is 41.5 Å². The van der Waals surface area contributed by atoms with Crippen LogP contribution in [0.1, 0.15) is 18.5 Å². The van der Waals surface area contributed by atoms with Crippen molar-refractivity contribution < 1.29 is 9.84 Å². The summed E-state index contributed by atoms with van der Waals surface area (Å²) in [4.78, 5) is 0. The number of rotatable bonds is 3. The molecule has 0 saturated heterocycles. The first-order valence-electron chi connectivity index (χ1n) is 4.34. The van der Waals surface area contributed by atoms with Gasteiger partial charge < -0.3 is 15.2 Å². The molecule has 4 heteroatoms. The first-order chi connectivity index (χ1) is 6.61. The van der Waals surface area contributed by atoms with Gasteiger partial charge in [-0.2, -0.15) is 0 Å². The summed E-state index contributed by atoms with van der Waals surface area (Å²) >= 11 is 3.34. The predicted molar refractivity (Wildman–Crippen MR) is 59.8 cm³/mol. The number of hydrogen-bond donors (Lipinski definition) is 2. The van der Waals surface area contributed by atoms with Crippen molar-refractivity contribution in [3.8, 4) is 11.5 Å². The molecule has 0 aliphatic rings. The van der Waals surface area contributed by atoms with E-state index in [1.807, 2.05) is 20.0 Å². The molecule has 1 aromatic carbocycles. The number of halogens is 1. The fourth-order valence-corrected chi connectivity index (χ4v) is 1.89. The molecule has 1 atom stereocenters. The van der Waals surface area contributed by atoms with Gasteiger partial charge in [0.15, 0.2) is 11.5 Å². The lowest BCUT2D eigenvalue weighted by atomic mass is 10.1. The molecule has 0 heterocycles. The summed E-state index contributed by atoms with van der Waals surface area (Å²) in [6.45, 7) is 2.02. The van der Waals surface area contributed by atoms with Crippen LogP contribution in [0.3, 0.4) is 0 Å². The minimum Gasteiger partial charge on any atom is -0.503 e. The molecule has 0 aliphatic heterocycles. The first-order valence-corrected chi connectivity index (χ1v) is 5.13. The highest BCUT2D eigenvalue weighted by Crippen LogP contribution is 2.38. The second kappa shape index (κ2) is 4.66. The summed E-state index contributed by atoms with van der Waals surface area (Å²) in [6.07, 6.45) is 0. The van der Waals surface area contributed by atoms with Gasteiger partial charge in [-0.3, -0.25) is 0 Å². The second-order valence-electron chi connectivity index (χ2n) is 3.03. The average molecular weight is 260 g/mol. The molecular formula is C10H14BrNO2. The van der Waals surface area contributed by atoms with Crippen LogP contribution in [-0.2, 0) is 0 Å². The van der Waals surface area contributed by atoms with Crippen LogP contribution >= 0.6 is 15.9 Å². The Bertz CT molecular complexity index is 328. The SMILES string of the molecule is CN[C@@H](C)c1ccc(OC)c(O)c1Br. The van der Waals surface area contributed by atoms with Crippen molar-refractivity contribution in [2.75, 3.05) is 14.2 Å². The molecule has 0 aliphatic carbocycles. The highest BCUT2D eigenvalue weighted by molar-refractivity contribution is 9.10. The van der Waals surface area contributed by atoms with Crippen LogP contribution in [0.2, 0.25) is 0 Å². The Hall–Kier alpha value is -0.740. The second-order valence-corrected chi connectivity index (χ2v) is 3.82. The van der Waals surface area contributed by atoms with E-state index in [9.17, 15) is 5.11 Å². The molecule has 14 heavy (non-hydrogen) atoms. The van der Waals surface area contributed by atoms with Crippen molar-refractivity contribution in [3.05, 3.63) is 22.2 Å². The van der Waals surface area contributed by atoms with Gasteiger partial charge in [0.1, 0.15) is 0 Å². The smallest absolute Gasteiger partial charge is 0.172 e. The van der Waals surface area contributed by atoms with Crippen molar-refractivity contribution >= 4 is 15.9 Å². The first kappa shape index (κ1) is 11.3. The minimum atomic E-state index is 0.145. The van der Waals surface area contributed by atoms with Gasteiger partial charge in [-0.25, -0.2) is 0 Å². The zero-order chi connectivity index (χ0) is 10.7. The maximum absolute atomic E-state index is 9.72. The van der Waals surface area contributed by atoms with Gasteiger partial charge in [-0.1, -0.05) is 6.07 Å². The van der Waals surface area contributed by atoms with Crippen LogP contribution in [0.5, 0.6) is 11.5 Å². The summed E-state index contributed by atoms with van der Waals surface area (Å²) in [6, 6.07) is 3.86. The number of ether oxygens (including phenoxy) is 1. The number of aromatic hydroxyl groups is 1. The molecule has 1 aromatic rings. The van der Waals surface area contributed by atoms with Crippen molar-refractivity contribution in [2.45, 2.75) is 13.0 Å². The third-order valence-electron chi connectivity index (χ3n) is 2.23. The number of phenols is 1. The van der Waals surface area contributed by atoms with Crippen LogP contribution in [0.25, 0.3) is 0 Å². The number of benzene rings is 1. The monoisotopic (exact) mass is 259 g/mol. The van der Waals surface area contributed by atoms with Gasteiger partial charge in [0.05, 0.1) is 11.6 Å². The van der Waals surface area contributed by atoms with E-state index < -0.39 is 0 Å². The number of phenolic OH excluding ortho intramolecular Hbond substituents is 1. The highest BCUT2D eigenvalue weighted by Gasteiger charge is 2.14. The van der Waals surface area contributed by atoms with Crippen LogP contribution in [0.4, 0.5) is 0 Å². The molecule has 0 saturated carbocycles. The van der Waals surface area contributed by atoms with Crippen molar-refractivity contribution in [1.29, 1.82) is 0 Å². The molecule has 2 N–H and O–H groups in total. The van der Waals surface area contributed by atoms with Crippen molar-refractivity contribution in [2.24, 2.45) is 0 Å². The fourth-order valence-electron chi connectivity index (χ4n) is 1.22. The maximum atomic E-state index is 9.72. The Morgan fingerprint density at radius 1 is 1.50 bits per heavy atom. The molecule has 0 aromatic heterocycles. The summed E-state index contributed by atoms with van der Waals surface area (Å²) in [5.74, 6) is 0.621. The Labute approximate surface area is 92.2 Å². The Kier molecular flexibility index (Phi) is 3.77. The lowest BCUT2D eigenvalue weighted by molar-refractivity contribution is 0.371. The quantitative estimate of drug-likeness (QED) is 0.877. The van der Waals surface area contributed by atoms with Crippen LogP contribution in [-0.4, -0.2) is 19.3 Å². The van der Waals surface area contributed by atoms with Gasteiger partial charge in [0.25, 0.3) is 0 Å². The molecule has 0 amide bonds. The maximum Gasteiger partial charge on any atom is 0.172 e. The van der Waals surface area contributed by atoms with Crippen molar-refractivity contribution in [1.82, 2.24) is 5.32 Å². The van der Waals surface area contributed by atoms with Crippen LogP contribution in [0.15, 0.2) is 16.6 Å². The van der Waals surface area contributed by atoms with E-state index in [1.54, 1.807) is 6.07 Å². The summed E-state index contributed by atoms with van der Waals surface area (Å²) in [7, 11) is 3.40. The number of methoxy groups -OCH3 is 1. The van der Waals surface area contributed by atoms with E-state index in [2.05, 4.69) is 21.2 Å². The molecule has 0 fully saturated rings. The Morgan fingerprint density at radius 3 is 2.64 bits per heavy atom. The van der Waals surface area contributed by atoms with E-state index in [4.69, 9.17) is 4.74 Å². The molecule has 0 bridgehead atoms. The highest BCUT2D eigenvalue weighted by atomic mass is 79.9. The lowest BCUT2D eigenvalue weighted by Crippen LogP contribution is -2.12. The minimum absolute atomic E-state index is 0.145. The zero-order valence-corrected chi connectivity index (χ0v) is 10.1. The van der Waals surface area contributed by atoms with Gasteiger partial charge in [0.2, 0.25) is 0 Å². The lowest BCUT2D eigenvalue weighted by Gasteiger charge is -2.15. The van der Waals surface area contributed by atoms with Crippen LogP contribution in [0, 0.1) is 0 Å². The average Bonchev–Trinajstić information content (AvgIpc) is 2.21. The third-order valence-corrected chi connectivity index (χ3v) is 3.06. The van der Waals surface area contributed by atoms with E-state index in [0.717, 1.165) is 5.56 Å². The molecule has 0 unspecified atom stereocenters. The Morgan fingerprint density at radius 2 is 2.14 bits per heavy atom. The van der Waals surface area contributed by atoms with Crippen molar-refractivity contribution in [3.63, 3.8) is 0 Å². The molecule has 1 rings (SSSR count). The molecule has 0 radical (unpaired) electrons. The van der Waals surface area contributed by atoms with Gasteiger partial charge >= 0.3 is 0 Å². The summed E-state index contributed by atoms with van der Waals surface area (Å²) in [5.41, 5.74) is 1.01. The molecule has 0 spiro atoms. The topological polar surface area (TPSA) is 41.5 Å². The van der Waals surface area contributed by atoms with E-state index in [0.29, 0.717) is 10.2 Å². The number of nitrogens with one attached hydrogen (secondary N) is 1. The largest absolute Gasteiger partial charge is 0.503 e. The van der Waals surface area contributed by atoms with Gasteiger partial charge in [-0.15, -0.1) is 0 Å². The molecule has 78 valence electrons. The van der Waals surface area contributed by atoms with E-state index >= 15 is 0 Å². The third kappa shape index (κ3) is 2.01. The van der Waals surface area contributed by atoms with Gasteiger partial charge in [0, 0.05) is 6.04 Å². The molecule has 3 nitrogen and oxygen atoms in total.